The highest BCUT2D eigenvalue weighted by Crippen LogP contribution is 2.28. The number of hydrogen-bond acceptors (Lipinski definition) is 3. The molecule has 0 saturated carbocycles. The van der Waals surface area contributed by atoms with Gasteiger partial charge in [-0.25, -0.2) is 4.98 Å². The average Bonchev–Trinajstić information content (AvgIpc) is 2.38. The number of H-pyrrole nitrogens is 1. The first-order chi connectivity index (χ1) is 9.13. The van der Waals surface area contributed by atoms with Crippen molar-refractivity contribution in [2.45, 2.75) is 19.8 Å². The smallest absolute Gasteiger partial charge is 0.251 e. The van der Waals surface area contributed by atoms with Crippen molar-refractivity contribution in [1.82, 2.24) is 9.97 Å². The van der Waals surface area contributed by atoms with Crippen LogP contribution in [0.15, 0.2) is 29.1 Å². The molecule has 0 bridgehead atoms. The number of rotatable bonds is 4. The van der Waals surface area contributed by atoms with E-state index in [4.69, 9.17) is 16.3 Å². The van der Waals surface area contributed by atoms with E-state index in [1.807, 2.05) is 13.0 Å². The zero-order chi connectivity index (χ0) is 13.8. The van der Waals surface area contributed by atoms with E-state index >= 15 is 0 Å². The van der Waals surface area contributed by atoms with Crippen LogP contribution in [0.4, 0.5) is 0 Å². The van der Waals surface area contributed by atoms with Crippen LogP contribution in [0.1, 0.15) is 19.0 Å². The molecule has 100 valence electrons. The molecule has 5 heteroatoms. The molecular weight excluding hydrogens is 264 g/mol. The number of hydrogen-bond donors (Lipinski definition) is 1. The summed E-state index contributed by atoms with van der Waals surface area (Å²) in [5.74, 6) is 1.12. The van der Waals surface area contributed by atoms with Gasteiger partial charge in [-0.2, -0.15) is 0 Å². The van der Waals surface area contributed by atoms with E-state index in [1.165, 1.54) is 6.07 Å². The SMILES string of the molecule is CCCc1cc(=O)[nH]c(-c2ccc(OC)c(Cl)c2)n1. The van der Waals surface area contributed by atoms with Gasteiger partial charge in [0, 0.05) is 17.3 Å². The molecule has 0 spiro atoms. The van der Waals surface area contributed by atoms with E-state index in [0.717, 1.165) is 24.1 Å². The third-order valence-corrected chi connectivity index (χ3v) is 3.02. The van der Waals surface area contributed by atoms with Gasteiger partial charge >= 0.3 is 0 Å². The summed E-state index contributed by atoms with van der Waals surface area (Å²) >= 11 is 6.08. The third-order valence-electron chi connectivity index (χ3n) is 2.73. The molecule has 0 aliphatic heterocycles. The Balaban J connectivity index is 2.46. The van der Waals surface area contributed by atoms with Crippen LogP contribution in [0.3, 0.4) is 0 Å². The number of aromatic nitrogens is 2. The average molecular weight is 279 g/mol. The Bertz CT molecular complexity index is 638. The summed E-state index contributed by atoms with van der Waals surface area (Å²) in [4.78, 5) is 18.8. The molecule has 0 saturated heterocycles. The normalized spacial score (nSPS) is 10.5. The molecule has 2 rings (SSSR count). The molecule has 0 amide bonds. The molecule has 0 aliphatic carbocycles. The van der Waals surface area contributed by atoms with E-state index in [9.17, 15) is 4.79 Å². The van der Waals surface area contributed by atoms with E-state index < -0.39 is 0 Å². The summed E-state index contributed by atoms with van der Waals surface area (Å²) in [5, 5.41) is 0.489. The summed E-state index contributed by atoms with van der Waals surface area (Å²) in [6.07, 6.45) is 1.72. The molecule has 0 atom stereocenters. The van der Waals surface area contributed by atoms with Gasteiger partial charge in [0.2, 0.25) is 0 Å². The number of nitrogens with one attached hydrogen (secondary N) is 1. The van der Waals surface area contributed by atoms with E-state index in [1.54, 1.807) is 19.2 Å². The Hall–Kier alpha value is -1.81. The van der Waals surface area contributed by atoms with Gasteiger partial charge in [0.25, 0.3) is 5.56 Å². The van der Waals surface area contributed by atoms with Gasteiger partial charge in [-0.05, 0) is 24.6 Å². The molecule has 0 unspecified atom stereocenters. The lowest BCUT2D eigenvalue weighted by Gasteiger charge is -2.07. The van der Waals surface area contributed by atoms with Crippen molar-refractivity contribution in [2.75, 3.05) is 7.11 Å². The van der Waals surface area contributed by atoms with Crippen LogP contribution in [0, 0.1) is 0 Å². The molecular formula is C14H15ClN2O2. The first kappa shape index (κ1) is 13.6. The second-order valence-electron chi connectivity index (χ2n) is 4.18. The Kier molecular flexibility index (Phi) is 4.22. The molecule has 19 heavy (non-hydrogen) atoms. The van der Waals surface area contributed by atoms with Crippen molar-refractivity contribution >= 4 is 11.6 Å². The molecule has 4 nitrogen and oxygen atoms in total. The van der Waals surface area contributed by atoms with Gasteiger partial charge in [0.05, 0.1) is 12.1 Å². The predicted octanol–water partition coefficient (Wildman–Crippen LogP) is 3.05. The first-order valence-corrected chi connectivity index (χ1v) is 6.46. The molecule has 0 radical (unpaired) electrons. The molecule has 1 aromatic heterocycles. The van der Waals surface area contributed by atoms with Crippen LogP contribution in [-0.2, 0) is 6.42 Å². The summed E-state index contributed by atoms with van der Waals surface area (Å²) < 4.78 is 5.10. The summed E-state index contributed by atoms with van der Waals surface area (Å²) in [7, 11) is 1.56. The standard InChI is InChI=1S/C14H15ClN2O2/c1-3-4-10-8-13(18)17-14(16-10)9-5-6-12(19-2)11(15)7-9/h5-8H,3-4H2,1-2H3,(H,16,17,18). The summed E-state index contributed by atoms with van der Waals surface area (Å²) in [6.45, 7) is 2.05. The quantitative estimate of drug-likeness (QED) is 0.935. The van der Waals surface area contributed by atoms with Crippen molar-refractivity contribution in [2.24, 2.45) is 0 Å². The molecule has 1 N–H and O–H groups in total. The maximum Gasteiger partial charge on any atom is 0.251 e. The fourth-order valence-corrected chi connectivity index (χ4v) is 2.10. The van der Waals surface area contributed by atoms with E-state index in [0.29, 0.717) is 16.6 Å². The fourth-order valence-electron chi connectivity index (χ4n) is 1.84. The van der Waals surface area contributed by atoms with Crippen molar-refractivity contribution in [3.05, 3.63) is 45.3 Å². The number of benzene rings is 1. The molecule has 2 aromatic rings. The zero-order valence-electron chi connectivity index (χ0n) is 10.9. The largest absolute Gasteiger partial charge is 0.495 e. The van der Waals surface area contributed by atoms with E-state index in [2.05, 4.69) is 9.97 Å². The minimum Gasteiger partial charge on any atom is -0.495 e. The minimum absolute atomic E-state index is 0.152. The van der Waals surface area contributed by atoms with Gasteiger partial charge < -0.3 is 9.72 Å². The molecule has 1 heterocycles. The topological polar surface area (TPSA) is 55.0 Å². The Labute approximate surface area is 116 Å². The number of ether oxygens (including phenoxy) is 1. The summed E-state index contributed by atoms with van der Waals surface area (Å²) in [6, 6.07) is 6.83. The lowest BCUT2D eigenvalue weighted by Crippen LogP contribution is -2.10. The van der Waals surface area contributed by atoms with Crippen LogP contribution in [-0.4, -0.2) is 17.1 Å². The summed E-state index contributed by atoms with van der Waals surface area (Å²) in [5.41, 5.74) is 1.40. The number of halogens is 1. The van der Waals surface area contributed by atoms with Gasteiger partial charge in [0.15, 0.2) is 0 Å². The lowest BCUT2D eigenvalue weighted by molar-refractivity contribution is 0.415. The zero-order valence-corrected chi connectivity index (χ0v) is 11.6. The Morgan fingerprint density at radius 2 is 2.16 bits per heavy atom. The van der Waals surface area contributed by atoms with Crippen molar-refractivity contribution in [3.63, 3.8) is 0 Å². The maximum absolute atomic E-state index is 11.6. The van der Waals surface area contributed by atoms with Crippen LogP contribution in [0.25, 0.3) is 11.4 Å². The fraction of sp³-hybridized carbons (Fsp3) is 0.286. The number of aryl methyl sites for hydroxylation is 1. The minimum atomic E-state index is -0.152. The highest BCUT2D eigenvalue weighted by Gasteiger charge is 2.07. The maximum atomic E-state index is 11.6. The van der Waals surface area contributed by atoms with Gasteiger partial charge in [-0.3, -0.25) is 4.79 Å². The van der Waals surface area contributed by atoms with Gasteiger partial charge in [-0.1, -0.05) is 24.9 Å². The number of nitrogens with zero attached hydrogens (tertiary/aromatic N) is 1. The number of methoxy groups -OCH3 is 1. The van der Waals surface area contributed by atoms with Crippen LogP contribution < -0.4 is 10.3 Å². The molecule has 0 fully saturated rings. The predicted molar refractivity (Wildman–Crippen MR) is 75.9 cm³/mol. The molecule has 1 aromatic carbocycles. The van der Waals surface area contributed by atoms with Crippen molar-refractivity contribution in [1.29, 1.82) is 0 Å². The van der Waals surface area contributed by atoms with Gasteiger partial charge in [0.1, 0.15) is 11.6 Å². The van der Waals surface area contributed by atoms with Crippen LogP contribution >= 0.6 is 11.6 Å². The Morgan fingerprint density at radius 1 is 1.37 bits per heavy atom. The van der Waals surface area contributed by atoms with Crippen LogP contribution in [0.5, 0.6) is 5.75 Å². The van der Waals surface area contributed by atoms with Gasteiger partial charge in [-0.15, -0.1) is 0 Å². The highest BCUT2D eigenvalue weighted by atomic mass is 35.5. The third kappa shape index (κ3) is 3.15. The molecule has 0 aliphatic rings. The Morgan fingerprint density at radius 3 is 2.79 bits per heavy atom. The monoisotopic (exact) mass is 278 g/mol. The van der Waals surface area contributed by atoms with E-state index in [-0.39, 0.29) is 5.56 Å². The first-order valence-electron chi connectivity index (χ1n) is 6.08. The lowest BCUT2D eigenvalue weighted by atomic mass is 10.2. The highest BCUT2D eigenvalue weighted by molar-refractivity contribution is 6.32. The van der Waals surface area contributed by atoms with Crippen molar-refractivity contribution in [3.8, 4) is 17.1 Å². The van der Waals surface area contributed by atoms with Crippen LogP contribution in [0.2, 0.25) is 5.02 Å². The second-order valence-corrected chi connectivity index (χ2v) is 4.59. The number of aromatic amines is 1. The second kappa shape index (κ2) is 5.89. The van der Waals surface area contributed by atoms with Crippen molar-refractivity contribution < 1.29 is 4.74 Å².